The first-order chi connectivity index (χ1) is 7.47. The topological polar surface area (TPSA) is 20.2 Å². The predicted molar refractivity (Wildman–Crippen MR) is 68.6 cm³/mol. The lowest BCUT2D eigenvalue weighted by atomic mass is 9.99. The second-order valence-corrected chi connectivity index (χ2v) is 5.06. The maximum atomic E-state index is 13.5. The van der Waals surface area contributed by atoms with E-state index >= 15 is 0 Å². The lowest BCUT2D eigenvalue weighted by Crippen LogP contribution is -2.26. The molecule has 0 fully saturated rings. The Morgan fingerprint density at radius 3 is 2.38 bits per heavy atom. The molecule has 0 amide bonds. The lowest BCUT2D eigenvalue weighted by molar-refractivity contribution is -0.117. The number of aliphatic hydroxyl groups excluding tert-OH is 1. The number of hydrogen-bond acceptors (Lipinski definition) is 1. The standard InChI is InChI=1S/C12H15F2IO/c1-2-3-8-12(13,14)11(16)9-4-6-10(15)7-5-9/h4-7,11,16H,2-3,8H2,1H3. The first-order valence-corrected chi connectivity index (χ1v) is 6.36. The van der Waals surface area contributed by atoms with Gasteiger partial charge in [0.15, 0.2) is 0 Å². The third-order valence-electron chi connectivity index (χ3n) is 2.45. The molecule has 0 aromatic heterocycles. The maximum Gasteiger partial charge on any atom is 0.277 e. The summed E-state index contributed by atoms with van der Waals surface area (Å²) >= 11 is 2.09. The SMILES string of the molecule is CCCCC(F)(F)C(O)c1ccc(I)cc1. The lowest BCUT2D eigenvalue weighted by Gasteiger charge is -2.22. The van der Waals surface area contributed by atoms with Crippen LogP contribution in [0.4, 0.5) is 8.78 Å². The van der Waals surface area contributed by atoms with E-state index in [2.05, 4.69) is 22.6 Å². The van der Waals surface area contributed by atoms with Crippen LogP contribution in [-0.4, -0.2) is 11.0 Å². The molecule has 1 atom stereocenters. The van der Waals surface area contributed by atoms with Gasteiger partial charge in [0.2, 0.25) is 0 Å². The summed E-state index contributed by atoms with van der Waals surface area (Å²) in [5.74, 6) is -3.04. The van der Waals surface area contributed by atoms with Crippen LogP contribution in [-0.2, 0) is 0 Å². The Morgan fingerprint density at radius 1 is 1.31 bits per heavy atom. The molecule has 0 saturated carbocycles. The molecule has 1 N–H and O–H groups in total. The maximum absolute atomic E-state index is 13.5. The molecular formula is C12H15F2IO. The summed E-state index contributed by atoms with van der Waals surface area (Å²) in [6.07, 6.45) is -0.837. The van der Waals surface area contributed by atoms with Gasteiger partial charge in [-0.3, -0.25) is 0 Å². The van der Waals surface area contributed by atoms with Gasteiger partial charge in [0, 0.05) is 9.99 Å². The summed E-state index contributed by atoms with van der Waals surface area (Å²) < 4.78 is 28.0. The Kier molecular flexibility index (Phi) is 5.11. The number of alkyl halides is 2. The minimum Gasteiger partial charge on any atom is -0.382 e. The number of benzene rings is 1. The molecule has 0 aliphatic heterocycles. The van der Waals surface area contributed by atoms with Crippen LogP contribution in [0.5, 0.6) is 0 Å². The smallest absolute Gasteiger partial charge is 0.277 e. The molecule has 0 saturated heterocycles. The van der Waals surface area contributed by atoms with E-state index in [1.54, 1.807) is 24.3 Å². The fourth-order valence-corrected chi connectivity index (χ4v) is 1.80. The van der Waals surface area contributed by atoms with Crippen molar-refractivity contribution in [3.05, 3.63) is 33.4 Å². The summed E-state index contributed by atoms with van der Waals surface area (Å²) in [7, 11) is 0. The quantitative estimate of drug-likeness (QED) is 0.799. The molecule has 90 valence electrons. The van der Waals surface area contributed by atoms with Crippen LogP contribution in [0.25, 0.3) is 0 Å². The first kappa shape index (κ1) is 13.8. The molecule has 0 radical (unpaired) electrons. The molecule has 1 nitrogen and oxygen atoms in total. The van der Waals surface area contributed by atoms with Crippen LogP contribution in [0.3, 0.4) is 0 Å². The van der Waals surface area contributed by atoms with Gasteiger partial charge in [-0.25, -0.2) is 8.78 Å². The Balaban J connectivity index is 2.75. The van der Waals surface area contributed by atoms with Crippen LogP contribution in [0.15, 0.2) is 24.3 Å². The van der Waals surface area contributed by atoms with E-state index in [1.807, 2.05) is 6.92 Å². The van der Waals surface area contributed by atoms with Gasteiger partial charge in [0.25, 0.3) is 5.92 Å². The van der Waals surface area contributed by atoms with E-state index in [0.717, 1.165) is 3.57 Å². The molecule has 0 heterocycles. The summed E-state index contributed by atoms with van der Waals surface area (Å²) in [5, 5.41) is 9.61. The van der Waals surface area contributed by atoms with Crippen molar-refractivity contribution >= 4 is 22.6 Å². The van der Waals surface area contributed by atoms with Crippen molar-refractivity contribution in [2.24, 2.45) is 0 Å². The fraction of sp³-hybridized carbons (Fsp3) is 0.500. The van der Waals surface area contributed by atoms with Crippen molar-refractivity contribution < 1.29 is 13.9 Å². The number of aliphatic hydroxyl groups is 1. The Hall–Kier alpha value is -0.230. The van der Waals surface area contributed by atoms with E-state index in [9.17, 15) is 13.9 Å². The van der Waals surface area contributed by atoms with Crippen LogP contribution >= 0.6 is 22.6 Å². The Bertz CT molecular complexity index is 324. The molecule has 1 aromatic carbocycles. The van der Waals surface area contributed by atoms with E-state index < -0.39 is 12.0 Å². The van der Waals surface area contributed by atoms with Crippen molar-refractivity contribution in [3.8, 4) is 0 Å². The molecule has 16 heavy (non-hydrogen) atoms. The normalized spacial score (nSPS) is 13.8. The van der Waals surface area contributed by atoms with E-state index in [-0.39, 0.29) is 12.0 Å². The zero-order valence-corrected chi connectivity index (χ0v) is 11.2. The summed E-state index contributed by atoms with van der Waals surface area (Å²) in [6.45, 7) is 1.85. The van der Waals surface area contributed by atoms with Gasteiger partial charge in [0.05, 0.1) is 0 Å². The number of unbranched alkanes of at least 4 members (excludes halogenated alkanes) is 1. The highest BCUT2D eigenvalue weighted by Gasteiger charge is 2.38. The molecule has 0 spiro atoms. The van der Waals surface area contributed by atoms with Gasteiger partial charge >= 0.3 is 0 Å². The van der Waals surface area contributed by atoms with Crippen molar-refractivity contribution in [1.82, 2.24) is 0 Å². The largest absolute Gasteiger partial charge is 0.382 e. The average Bonchev–Trinajstić information content (AvgIpc) is 2.26. The fourth-order valence-electron chi connectivity index (χ4n) is 1.44. The van der Waals surface area contributed by atoms with E-state index in [4.69, 9.17) is 0 Å². The second kappa shape index (κ2) is 5.91. The van der Waals surface area contributed by atoms with Gasteiger partial charge in [-0.2, -0.15) is 0 Å². The Labute approximate surface area is 108 Å². The van der Waals surface area contributed by atoms with Gasteiger partial charge in [0.1, 0.15) is 6.10 Å². The third-order valence-corrected chi connectivity index (χ3v) is 3.17. The molecule has 0 bridgehead atoms. The van der Waals surface area contributed by atoms with Crippen LogP contribution < -0.4 is 0 Å². The summed E-state index contributed by atoms with van der Waals surface area (Å²) in [5.41, 5.74) is 0.279. The van der Waals surface area contributed by atoms with Gasteiger partial charge in [-0.15, -0.1) is 0 Å². The molecule has 4 heteroatoms. The molecule has 0 aliphatic carbocycles. The summed E-state index contributed by atoms with van der Waals surface area (Å²) in [4.78, 5) is 0. The average molecular weight is 340 g/mol. The molecule has 0 aliphatic rings. The Morgan fingerprint density at radius 2 is 1.88 bits per heavy atom. The van der Waals surface area contributed by atoms with E-state index in [1.165, 1.54) is 0 Å². The van der Waals surface area contributed by atoms with Crippen molar-refractivity contribution in [2.45, 2.75) is 38.2 Å². The second-order valence-electron chi connectivity index (χ2n) is 3.82. The molecule has 1 rings (SSSR count). The minimum atomic E-state index is -3.04. The third kappa shape index (κ3) is 3.66. The van der Waals surface area contributed by atoms with Crippen molar-refractivity contribution in [2.75, 3.05) is 0 Å². The molecular weight excluding hydrogens is 325 g/mol. The highest BCUT2D eigenvalue weighted by atomic mass is 127. The highest BCUT2D eigenvalue weighted by molar-refractivity contribution is 14.1. The number of halogens is 3. The van der Waals surface area contributed by atoms with E-state index in [0.29, 0.717) is 12.8 Å². The monoisotopic (exact) mass is 340 g/mol. The van der Waals surface area contributed by atoms with Gasteiger partial charge in [-0.1, -0.05) is 25.5 Å². The van der Waals surface area contributed by atoms with Crippen molar-refractivity contribution in [1.29, 1.82) is 0 Å². The zero-order valence-electron chi connectivity index (χ0n) is 9.09. The van der Waals surface area contributed by atoms with Gasteiger partial charge in [-0.05, 0) is 46.7 Å². The van der Waals surface area contributed by atoms with Crippen LogP contribution in [0, 0.1) is 3.57 Å². The van der Waals surface area contributed by atoms with Gasteiger partial charge < -0.3 is 5.11 Å². The molecule has 1 unspecified atom stereocenters. The number of rotatable bonds is 5. The summed E-state index contributed by atoms with van der Waals surface area (Å²) in [6, 6.07) is 6.53. The van der Waals surface area contributed by atoms with Crippen LogP contribution in [0.2, 0.25) is 0 Å². The first-order valence-electron chi connectivity index (χ1n) is 5.28. The predicted octanol–water partition coefficient (Wildman–Crippen LogP) is 4.15. The van der Waals surface area contributed by atoms with Crippen LogP contribution in [0.1, 0.15) is 37.9 Å². The zero-order chi connectivity index (χ0) is 12.2. The highest BCUT2D eigenvalue weighted by Crippen LogP contribution is 2.35. The molecule has 1 aromatic rings. The van der Waals surface area contributed by atoms with Crippen molar-refractivity contribution in [3.63, 3.8) is 0 Å². The number of hydrogen-bond donors (Lipinski definition) is 1. The minimum absolute atomic E-state index is 0.267.